The van der Waals surface area contributed by atoms with Crippen LogP contribution in [0.4, 0.5) is 0 Å². The van der Waals surface area contributed by atoms with Gasteiger partial charge in [0, 0.05) is 18.3 Å². The van der Waals surface area contributed by atoms with Gasteiger partial charge in [-0.05, 0) is 58.1 Å². The molecule has 3 aromatic rings. The predicted molar refractivity (Wildman–Crippen MR) is 115 cm³/mol. The molecular formula is C24H23N3O2. The lowest BCUT2D eigenvalue weighted by Crippen LogP contribution is -2.33. The zero-order valence-electron chi connectivity index (χ0n) is 16.3. The molecule has 1 amide bonds. The van der Waals surface area contributed by atoms with Gasteiger partial charge in [-0.3, -0.25) is 9.79 Å². The molecule has 1 heterocycles. The molecule has 1 unspecified atom stereocenters. The standard InChI is InChI=1S/C24H23N3O2/c1-29-22-7-3-5-18(12-22)23(13-25)27-24(28)19-6-2-4-16(10-19)17-8-9-20-14-26-15-21(20)11-17/h2-12,15,23H,13-14,25H2,1H3,(H,27,28). The van der Waals surface area contributed by atoms with Crippen molar-refractivity contribution in [2.75, 3.05) is 13.7 Å². The van der Waals surface area contributed by atoms with Crippen LogP contribution in [0, 0.1) is 0 Å². The van der Waals surface area contributed by atoms with E-state index in [1.54, 1.807) is 7.11 Å². The Balaban J connectivity index is 1.56. The number of fused-ring (bicyclic) bond motifs is 1. The fourth-order valence-electron chi connectivity index (χ4n) is 3.50. The van der Waals surface area contributed by atoms with Crippen LogP contribution in [-0.4, -0.2) is 25.8 Å². The van der Waals surface area contributed by atoms with Crippen LogP contribution in [0.5, 0.6) is 5.75 Å². The van der Waals surface area contributed by atoms with Gasteiger partial charge in [-0.2, -0.15) is 0 Å². The summed E-state index contributed by atoms with van der Waals surface area (Å²) in [4.78, 5) is 17.2. The van der Waals surface area contributed by atoms with Crippen molar-refractivity contribution in [2.24, 2.45) is 10.7 Å². The molecule has 3 N–H and O–H groups in total. The van der Waals surface area contributed by atoms with E-state index < -0.39 is 0 Å². The van der Waals surface area contributed by atoms with E-state index in [-0.39, 0.29) is 11.9 Å². The highest BCUT2D eigenvalue weighted by molar-refractivity contribution is 5.96. The Morgan fingerprint density at radius 2 is 1.93 bits per heavy atom. The number of nitrogens with one attached hydrogen (secondary N) is 1. The fourth-order valence-corrected chi connectivity index (χ4v) is 3.50. The molecule has 3 aromatic carbocycles. The van der Waals surface area contributed by atoms with Crippen molar-refractivity contribution in [2.45, 2.75) is 12.6 Å². The number of ether oxygens (including phenoxy) is 1. The van der Waals surface area contributed by atoms with Crippen molar-refractivity contribution >= 4 is 12.1 Å². The van der Waals surface area contributed by atoms with Crippen LogP contribution in [0.1, 0.15) is 33.1 Å². The molecule has 0 spiro atoms. The summed E-state index contributed by atoms with van der Waals surface area (Å²) in [6, 6.07) is 21.2. The van der Waals surface area contributed by atoms with E-state index in [0.29, 0.717) is 12.1 Å². The van der Waals surface area contributed by atoms with Crippen LogP contribution in [0.2, 0.25) is 0 Å². The Labute approximate surface area is 170 Å². The Bertz CT molecular complexity index is 1080. The monoisotopic (exact) mass is 385 g/mol. The van der Waals surface area contributed by atoms with Crippen molar-refractivity contribution < 1.29 is 9.53 Å². The molecule has 0 fully saturated rings. The average Bonchev–Trinajstić information content (AvgIpc) is 3.25. The van der Waals surface area contributed by atoms with Gasteiger partial charge in [0.05, 0.1) is 19.7 Å². The van der Waals surface area contributed by atoms with Gasteiger partial charge >= 0.3 is 0 Å². The highest BCUT2D eigenvalue weighted by Gasteiger charge is 2.16. The maximum absolute atomic E-state index is 12.9. The minimum Gasteiger partial charge on any atom is -0.497 e. The fraction of sp³-hybridized carbons (Fsp3) is 0.167. The van der Waals surface area contributed by atoms with Gasteiger partial charge in [-0.15, -0.1) is 0 Å². The van der Waals surface area contributed by atoms with Crippen LogP contribution in [0.3, 0.4) is 0 Å². The summed E-state index contributed by atoms with van der Waals surface area (Å²) in [6.45, 7) is 1.03. The number of methoxy groups -OCH3 is 1. The number of hydrogen-bond donors (Lipinski definition) is 2. The first-order chi connectivity index (χ1) is 14.2. The molecule has 1 aliphatic heterocycles. The molecule has 0 aromatic heterocycles. The first kappa shape index (κ1) is 18.9. The van der Waals surface area contributed by atoms with Gasteiger partial charge in [0.2, 0.25) is 0 Å². The molecule has 5 heteroatoms. The van der Waals surface area contributed by atoms with E-state index in [9.17, 15) is 4.79 Å². The number of hydrogen-bond acceptors (Lipinski definition) is 4. The molecule has 1 aliphatic rings. The molecule has 0 saturated carbocycles. The van der Waals surface area contributed by atoms with E-state index in [1.807, 2.05) is 54.7 Å². The Morgan fingerprint density at radius 1 is 1.10 bits per heavy atom. The highest BCUT2D eigenvalue weighted by atomic mass is 16.5. The quantitative estimate of drug-likeness (QED) is 0.679. The number of nitrogens with two attached hydrogens (primary N) is 1. The molecule has 0 saturated heterocycles. The summed E-state index contributed by atoms with van der Waals surface area (Å²) in [5, 5.41) is 3.03. The molecule has 0 radical (unpaired) electrons. The van der Waals surface area contributed by atoms with Gasteiger partial charge in [-0.1, -0.05) is 36.4 Å². The van der Waals surface area contributed by atoms with Crippen molar-refractivity contribution in [1.29, 1.82) is 0 Å². The predicted octanol–water partition coefficient (Wildman–Crippen LogP) is 3.72. The molecule has 4 rings (SSSR count). The third-order valence-electron chi connectivity index (χ3n) is 5.13. The number of carbonyl (C=O) groups is 1. The topological polar surface area (TPSA) is 76.7 Å². The molecule has 0 aliphatic carbocycles. The van der Waals surface area contributed by atoms with Gasteiger partial charge in [0.1, 0.15) is 5.75 Å². The van der Waals surface area contributed by atoms with Crippen molar-refractivity contribution in [1.82, 2.24) is 5.32 Å². The first-order valence-electron chi connectivity index (χ1n) is 9.56. The van der Waals surface area contributed by atoms with Crippen molar-refractivity contribution in [3.8, 4) is 16.9 Å². The smallest absolute Gasteiger partial charge is 0.251 e. The minimum absolute atomic E-state index is 0.159. The van der Waals surface area contributed by atoms with E-state index in [2.05, 4.69) is 28.5 Å². The maximum atomic E-state index is 12.9. The summed E-state index contributed by atoms with van der Waals surface area (Å²) in [6.07, 6.45) is 1.90. The lowest BCUT2D eigenvalue weighted by atomic mass is 9.98. The van der Waals surface area contributed by atoms with E-state index in [4.69, 9.17) is 10.5 Å². The largest absolute Gasteiger partial charge is 0.497 e. The Morgan fingerprint density at radius 3 is 2.76 bits per heavy atom. The molecule has 29 heavy (non-hydrogen) atoms. The molecular weight excluding hydrogens is 362 g/mol. The summed E-state index contributed by atoms with van der Waals surface area (Å²) < 4.78 is 5.27. The van der Waals surface area contributed by atoms with Crippen LogP contribution in [0.15, 0.2) is 71.7 Å². The van der Waals surface area contributed by atoms with Gasteiger partial charge in [0.25, 0.3) is 5.91 Å². The summed E-state index contributed by atoms with van der Waals surface area (Å²) in [7, 11) is 1.62. The SMILES string of the molecule is COc1cccc(C(CN)NC(=O)c2cccc(-c3ccc4c(c3)C=NC4)c2)c1. The number of nitrogens with zero attached hydrogens (tertiary/aromatic N) is 1. The number of benzene rings is 3. The third-order valence-corrected chi connectivity index (χ3v) is 5.13. The highest BCUT2D eigenvalue weighted by Crippen LogP contribution is 2.26. The summed E-state index contributed by atoms with van der Waals surface area (Å²) in [5.74, 6) is 0.574. The van der Waals surface area contributed by atoms with Gasteiger partial charge < -0.3 is 15.8 Å². The van der Waals surface area contributed by atoms with Gasteiger partial charge in [-0.25, -0.2) is 0 Å². The zero-order chi connectivity index (χ0) is 20.2. The average molecular weight is 385 g/mol. The van der Waals surface area contributed by atoms with Crippen LogP contribution >= 0.6 is 0 Å². The van der Waals surface area contributed by atoms with E-state index >= 15 is 0 Å². The van der Waals surface area contributed by atoms with Crippen molar-refractivity contribution in [3.63, 3.8) is 0 Å². The molecule has 1 atom stereocenters. The molecule has 146 valence electrons. The lowest BCUT2D eigenvalue weighted by molar-refractivity contribution is 0.0938. The minimum atomic E-state index is -0.294. The lowest BCUT2D eigenvalue weighted by Gasteiger charge is -2.18. The van der Waals surface area contributed by atoms with Crippen LogP contribution in [-0.2, 0) is 6.54 Å². The second-order valence-electron chi connectivity index (χ2n) is 7.00. The van der Waals surface area contributed by atoms with Crippen LogP contribution in [0.25, 0.3) is 11.1 Å². The number of amides is 1. The summed E-state index contributed by atoms with van der Waals surface area (Å²) in [5.41, 5.74) is 11.9. The number of rotatable bonds is 6. The number of aliphatic imine (C=N–C) groups is 1. The Kier molecular flexibility index (Phi) is 5.40. The van der Waals surface area contributed by atoms with Gasteiger partial charge in [0.15, 0.2) is 0 Å². The number of carbonyl (C=O) groups excluding carboxylic acids is 1. The molecule has 5 nitrogen and oxygen atoms in total. The third kappa shape index (κ3) is 4.05. The second kappa shape index (κ2) is 8.29. The van der Waals surface area contributed by atoms with Crippen molar-refractivity contribution in [3.05, 3.63) is 89.0 Å². The second-order valence-corrected chi connectivity index (χ2v) is 7.00. The normalized spacial score (nSPS) is 13.0. The first-order valence-corrected chi connectivity index (χ1v) is 9.56. The van der Waals surface area contributed by atoms with E-state index in [1.165, 1.54) is 5.56 Å². The Hall–Kier alpha value is -3.44. The van der Waals surface area contributed by atoms with E-state index in [0.717, 1.165) is 34.5 Å². The van der Waals surface area contributed by atoms with Crippen LogP contribution < -0.4 is 15.8 Å². The summed E-state index contributed by atoms with van der Waals surface area (Å²) >= 11 is 0. The molecule has 0 bridgehead atoms. The zero-order valence-corrected chi connectivity index (χ0v) is 16.3. The maximum Gasteiger partial charge on any atom is 0.251 e.